The van der Waals surface area contributed by atoms with Gasteiger partial charge in [0.25, 0.3) is 0 Å². The molecule has 1 heterocycles. The molecule has 0 aliphatic carbocycles. The number of benzene rings is 1. The first-order valence-electron chi connectivity index (χ1n) is 4.83. The third-order valence-corrected chi connectivity index (χ3v) is 2.30. The molecule has 0 N–H and O–H groups in total. The monoisotopic (exact) mass is 214 g/mol. The van der Waals surface area contributed by atoms with Crippen LogP contribution in [0.3, 0.4) is 0 Å². The molecule has 0 unspecified atom stereocenters. The molecule has 0 aliphatic rings. The summed E-state index contributed by atoms with van der Waals surface area (Å²) in [5, 5.41) is 0. The number of rotatable bonds is 2. The topological polar surface area (TPSA) is 55.5 Å². The summed E-state index contributed by atoms with van der Waals surface area (Å²) in [7, 11) is 0. The second kappa shape index (κ2) is 4.13. The molecule has 16 heavy (non-hydrogen) atoms. The Morgan fingerprint density at radius 2 is 2.19 bits per heavy atom. The zero-order chi connectivity index (χ0) is 11.5. The average molecular weight is 214 g/mol. The van der Waals surface area contributed by atoms with E-state index in [4.69, 9.17) is 4.42 Å². The molecule has 0 aliphatic heterocycles. The first kappa shape index (κ1) is 10.3. The maximum absolute atomic E-state index is 10.1. The van der Waals surface area contributed by atoms with E-state index in [9.17, 15) is 4.79 Å². The van der Waals surface area contributed by atoms with Crippen LogP contribution in [0.2, 0.25) is 0 Å². The summed E-state index contributed by atoms with van der Waals surface area (Å²) in [6, 6.07) is 7.10. The lowest BCUT2D eigenvalue weighted by Crippen LogP contribution is -1.77. The Labute approximate surface area is 92.7 Å². The Morgan fingerprint density at radius 3 is 2.81 bits per heavy atom. The van der Waals surface area contributed by atoms with E-state index < -0.39 is 0 Å². The van der Waals surface area contributed by atoms with Crippen LogP contribution in [0.25, 0.3) is 11.5 Å². The Balaban J connectivity index is 2.47. The number of hydrogen-bond donors (Lipinski definition) is 0. The maximum Gasteiger partial charge on any atom is 0.240 e. The molecule has 2 aromatic rings. The second-order valence-corrected chi connectivity index (χ2v) is 3.41. The lowest BCUT2D eigenvalue weighted by Gasteiger charge is -1.95. The predicted molar refractivity (Wildman–Crippen MR) is 59.2 cm³/mol. The molecule has 0 radical (unpaired) electrons. The van der Waals surface area contributed by atoms with Crippen molar-refractivity contribution in [2.75, 3.05) is 0 Å². The Morgan fingerprint density at radius 1 is 1.38 bits per heavy atom. The van der Waals surface area contributed by atoms with Gasteiger partial charge in [0.15, 0.2) is 0 Å². The van der Waals surface area contributed by atoms with Gasteiger partial charge in [-0.3, -0.25) is 0 Å². The smallest absolute Gasteiger partial charge is 0.240 e. The third-order valence-electron chi connectivity index (χ3n) is 2.30. The van der Waals surface area contributed by atoms with Gasteiger partial charge in [-0.1, -0.05) is 6.07 Å². The lowest BCUT2D eigenvalue weighted by molar-refractivity contribution is 0.541. The molecular formula is C12H10N2O2. The van der Waals surface area contributed by atoms with Crippen LogP contribution < -0.4 is 0 Å². The van der Waals surface area contributed by atoms with Gasteiger partial charge in [0, 0.05) is 5.56 Å². The fraction of sp³-hybridized carbons (Fsp3) is 0.167. The van der Waals surface area contributed by atoms with Crippen molar-refractivity contribution in [3.63, 3.8) is 0 Å². The standard InChI is InChI=1S/C12H10N2O2/c1-8-9(2)16-12(14-8)10-4-3-5-11(6-10)13-7-15/h3-6H,1-2H3. The van der Waals surface area contributed by atoms with E-state index >= 15 is 0 Å². The van der Waals surface area contributed by atoms with E-state index in [1.807, 2.05) is 19.9 Å². The van der Waals surface area contributed by atoms with Crippen LogP contribution in [-0.2, 0) is 4.79 Å². The van der Waals surface area contributed by atoms with Gasteiger partial charge in [0.1, 0.15) is 5.76 Å². The molecular weight excluding hydrogens is 204 g/mol. The Hall–Kier alpha value is -2.19. The molecule has 0 saturated heterocycles. The normalized spacial score (nSPS) is 9.88. The van der Waals surface area contributed by atoms with Gasteiger partial charge in [-0.25, -0.2) is 9.78 Å². The van der Waals surface area contributed by atoms with Gasteiger partial charge in [-0.05, 0) is 32.0 Å². The van der Waals surface area contributed by atoms with E-state index in [1.165, 1.54) is 6.08 Å². The van der Waals surface area contributed by atoms with Gasteiger partial charge >= 0.3 is 0 Å². The first-order chi connectivity index (χ1) is 7.70. The average Bonchev–Trinajstić information content (AvgIpc) is 2.60. The molecule has 2 rings (SSSR count). The Bertz CT molecular complexity index is 547. The van der Waals surface area contributed by atoms with Crippen molar-refractivity contribution < 1.29 is 9.21 Å². The molecule has 0 spiro atoms. The highest BCUT2D eigenvalue weighted by Gasteiger charge is 2.08. The number of aromatic nitrogens is 1. The molecule has 1 aromatic carbocycles. The van der Waals surface area contributed by atoms with E-state index in [2.05, 4.69) is 9.98 Å². The highest BCUT2D eigenvalue weighted by molar-refractivity contribution is 5.61. The molecule has 80 valence electrons. The van der Waals surface area contributed by atoms with Gasteiger partial charge in [-0.15, -0.1) is 0 Å². The fourth-order valence-corrected chi connectivity index (χ4v) is 1.36. The van der Waals surface area contributed by atoms with E-state index in [0.29, 0.717) is 11.6 Å². The lowest BCUT2D eigenvalue weighted by atomic mass is 10.2. The van der Waals surface area contributed by atoms with Crippen LogP contribution in [0.4, 0.5) is 5.69 Å². The largest absolute Gasteiger partial charge is 0.441 e. The van der Waals surface area contributed by atoms with Gasteiger partial charge in [0.2, 0.25) is 12.0 Å². The van der Waals surface area contributed by atoms with Crippen molar-refractivity contribution in [1.82, 2.24) is 4.98 Å². The molecule has 0 fully saturated rings. The molecule has 0 bridgehead atoms. The van der Waals surface area contributed by atoms with E-state index in [1.54, 1.807) is 18.2 Å². The van der Waals surface area contributed by atoms with Crippen molar-refractivity contribution in [3.05, 3.63) is 35.7 Å². The number of isocyanates is 1. The van der Waals surface area contributed by atoms with Crippen molar-refractivity contribution in [1.29, 1.82) is 0 Å². The zero-order valence-electron chi connectivity index (χ0n) is 9.02. The van der Waals surface area contributed by atoms with Crippen LogP contribution in [0.15, 0.2) is 33.7 Å². The molecule has 4 heteroatoms. The number of carbonyl (C=O) groups excluding carboxylic acids is 1. The summed E-state index contributed by atoms with van der Waals surface area (Å²) in [6.45, 7) is 3.75. The highest BCUT2D eigenvalue weighted by Crippen LogP contribution is 2.24. The quantitative estimate of drug-likeness (QED) is 0.570. The molecule has 1 aromatic heterocycles. The van der Waals surface area contributed by atoms with Crippen molar-refractivity contribution >= 4 is 11.8 Å². The van der Waals surface area contributed by atoms with Crippen LogP contribution in [0.5, 0.6) is 0 Å². The highest BCUT2D eigenvalue weighted by atomic mass is 16.4. The zero-order valence-corrected chi connectivity index (χ0v) is 9.02. The summed E-state index contributed by atoms with van der Waals surface area (Å²) in [4.78, 5) is 18.0. The minimum atomic E-state index is 0.540. The van der Waals surface area contributed by atoms with Gasteiger partial charge in [0.05, 0.1) is 11.4 Å². The Kier molecular flexibility index (Phi) is 2.66. The molecule has 0 saturated carbocycles. The number of aliphatic imine (C=N–C) groups is 1. The van der Waals surface area contributed by atoms with E-state index in [0.717, 1.165) is 17.0 Å². The molecule has 4 nitrogen and oxygen atoms in total. The minimum absolute atomic E-state index is 0.540. The van der Waals surface area contributed by atoms with Crippen LogP contribution >= 0.6 is 0 Å². The van der Waals surface area contributed by atoms with Gasteiger partial charge < -0.3 is 4.42 Å². The van der Waals surface area contributed by atoms with Crippen LogP contribution in [0, 0.1) is 13.8 Å². The molecule has 0 atom stereocenters. The fourth-order valence-electron chi connectivity index (χ4n) is 1.36. The van der Waals surface area contributed by atoms with Crippen LogP contribution in [-0.4, -0.2) is 11.1 Å². The number of hydrogen-bond acceptors (Lipinski definition) is 4. The summed E-state index contributed by atoms with van der Waals surface area (Å²) in [5.41, 5.74) is 2.20. The SMILES string of the molecule is Cc1nc(-c2cccc(N=C=O)c2)oc1C. The van der Waals surface area contributed by atoms with Crippen LogP contribution in [0.1, 0.15) is 11.5 Å². The maximum atomic E-state index is 10.1. The van der Waals surface area contributed by atoms with Crippen molar-refractivity contribution in [2.24, 2.45) is 4.99 Å². The van der Waals surface area contributed by atoms with Crippen molar-refractivity contribution in [2.45, 2.75) is 13.8 Å². The summed E-state index contributed by atoms with van der Waals surface area (Å²) in [6.07, 6.45) is 1.50. The number of oxazole rings is 1. The molecule has 0 amide bonds. The summed E-state index contributed by atoms with van der Waals surface area (Å²) in [5.74, 6) is 1.33. The summed E-state index contributed by atoms with van der Waals surface area (Å²) < 4.78 is 5.48. The second-order valence-electron chi connectivity index (χ2n) is 3.41. The number of nitrogens with zero attached hydrogens (tertiary/aromatic N) is 2. The predicted octanol–water partition coefficient (Wildman–Crippen LogP) is 2.93. The minimum Gasteiger partial charge on any atom is -0.441 e. The van der Waals surface area contributed by atoms with Crippen molar-refractivity contribution in [3.8, 4) is 11.5 Å². The first-order valence-corrected chi connectivity index (χ1v) is 4.83. The van der Waals surface area contributed by atoms with E-state index in [-0.39, 0.29) is 0 Å². The summed E-state index contributed by atoms with van der Waals surface area (Å²) >= 11 is 0. The third kappa shape index (κ3) is 1.92. The van der Waals surface area contributed by atoms with Gasteiger partial charge in [-0.2, -0.15) is 4.99 Å². The number of aryl methyl sites for hydroxylation is 2.